The van der Waals surface area contributed by atoms with Crippen LogP contribution in [0.2, 0.25) is 0 Å². The van der Waals surface area contributed by atoms with Crippen molar-refractivity contribution in [3.05, 3.63) is 60.3 Å². The van der Waals surface area contributed by atoms with Crippen LogP contribution in [0.3, 0.4) is 0 Å². The van der Waals surface area contributed by atoms with Crippen LogP contribution in [-0.2, 0) is 6.42 Å². The van der Waals surface area contributed by atoms with E-state index < -0.39 is 0 Å². The third kappa shape index (κ3) is 2.67. The molecule has 0 saturated heterocycles. The Labute approximate surface area is 137 Å². The van der Waals surface area contributed by atoms with Crippen molar-refractivity contribution in [3.63, 3.8) is 0 Å². The second-order valence-corrected chi connectivity index (χ2v) is 5.50. The summed E-state index contributed by atoms with van der Waals surface area (Å²) in [5, 5.41) is 10.7. The molecule has 0 saturated carbocycles. The molecule has 3 heterocycles. The largest absolute Gasteiger partial charge is 0.353 e. The molecule has 0 unspecified atom stereocenters. The number of carbonyl (C=O) groups excluding carboxylic acids is 1. The topological polar surface area (TPSA) is 102 Å². The number of aromatic nitrogens is 5. The molecular weight excluding hydrogens is 304 g/mol. The number of fused-ring (bicyclic) bond motifs is 1. The molecule has 3 aromatic heterocycles. The summed E-state index contributed by atoms with van der Waals surface area (Å²) in [6, 6.07) is 9.51. The fraction of sp³-hybridized carbons (Fsp3) is 0.118. The first-order valence-corrected chi connectivity index (χ1v) is 7.68. The third-order valence-corrected chi connectivity index (χ3v) is 3.93. The van der Waals surface area contributed by atoms with Gasteiger partial charge in [0.25, 0.3) is 5.91 Å². The molecule has 0 spiro atoms. The minimum Gasteiger partial charge on any atom is -0.353 e. The lowest BCUT2D eigenvalue weighted by Crippen LogP contribution is -2.25. The minimum absolute atomic E-state index is 0.0877. The Kier molecular flexibility index (Phi) is 3.59. The van der Waals surface area contributed by atoms with Gasteiger partial charge in [-0.05, 0) is 24.3 Å². The van der Waals surface area contributed by atoms with E-state index in [4.69, 9.17) is 0 Å². The number of hydrogen-bond donors (Lipinski definition) is 4. The number of imidazole rings is 1. The summed E-state index contributed by atoms with van der Waals surface area (Å²) in [4.78, 5) is 22.8. The van der Waals surface area contributed by atoms with E-state index >= 15 is 0 Å². The zero-order chi connectivity index (χ0) is 16.4. The third-order valence-electron chi connectivity index (χ3n) is 3.93. The first-order valence-electron chi connectivity index (χ1n) is 7.68. The molecule has 0 fully saturated rings. The fourth-order valence-corrected chi connectivity index (χ4v) is 2.73. The first kappa shape index (κ1) is 14.3. The highest BCUT2D eigenvalue weighted by molar-refractivity contribution is 6.07. The van der Waals surface area contributed by atoms with Crippen molar-refractivity contribution < 1.29 is 4.79 Å². The molecule has 4 aromatic rings. The molecule has 0 aliphatic carbocycles. The number of rotatable bonds is 5. The predicted molar refractivity (Wildman–Crippen MR) is 90.5 cm³/mol. The Morgan fingerprint density at radius 1 is 1.21 bits per heavy atom. The SMILES string of the molecule is O=C(NCCc1cnc[nH]1)c1cccc2[nH]c(-c3ccn[nH]3)cc12. The lowest BCUT2D eigenvalue weighted by molar-refractivity contribution is 0.0955. The molecule has 4 N–H and O–H groups in total. The molecule has 7 heteroatoms. The van der Waals surface area contributed by atoms with Crippen LogP contribution < -0.4 is 5.32 Å². The number of nitrogens with one attached hydrogen (secondary N) is 4. The lowest BCUT2D eigenvalue weighted by atomic mass is 10.1. The molecule has 0 bridgehead atoms. The standard InChI is InChI=1S/C17H16N6O/c24-17(19-6-4-11-9-18-10-20-11)12-2-1-3-14-13(12)8-16(22-14)15-5-7-21-23-15/h1-3,5,7-10,22H,4,6H2,(H,18,20)(H,19,24)(H,21,23). The van der Waals surface area contributed by atoms with Crippen molar-refractivity contribution in [3.8, 4) is 11.4 Å². The van der Waals surface area contributed by atoms with Gasteiger partial charge in [0.15, 0.2) is 0 Å². The van der Waals surface area contributed by atoms with Crippen molar-refractivity contribution in [1.82, 2.24) is 30.5 Å². The van der Waals surface area contributed by atoms with Gasteiger partial charge < -0.3 is 15.3 Å². The zero-order valence-electron chi connectivity index (χ0n) is 12.8. The van der Waals surface area contributed by atoms with E-state index in [1.165, 1.54) is 0 Å². The maximum absolute atomic E-state index is 12.5. The van der Waals surface area contributed by atoms with Crippen molar-refractivity contribution in [2.24, 2.45) is 0 Å². The van der Waals surface area contributed by atoms with E-state index in [1.807, 2.05) is 30.3 Å². The Balaban J connectivity index is 1.55. The molecule has 7 nitrogen and oxygen atoms in total. The van der Waals surface area contributed by atoms with E-state index in [0.717, 1.165) is 28.0 Å². The molecule has 0 atom stereocenters. The average Bonchev–Trinajstić information content (AvgIpc) is 3.33. The summed E-state index contributed by atoms with van der Waals surface area (Å²) in [5.74, 6) is -0.0877. The molecule has 1 aromatic carbocycles. The molecule has 0 aliphatic rings. The van der Waals surface area contributed by atoms with Gasteiger partial charge in [0.1, 0.15) is 0 Å². The maximum Gasteiger partial charge on any atom is 0.251 e. The normalized spacial score (nSPS) is 11.0. The monoisotopic (exact) mass is 320 g/mol. The van der Waals surface area contributed by atoms with E-state index in [0.29, 0.717) is 18.5 Å². The zero-order valence-corrected chi connectivity index (χ0v) is 12.8. The number of carbonyl (C=O) groups is 1. The van der Waals surface area contributed by atoms with Gasteiger partial charge in [0.2, 0.25) is 0 Å². The molecule has 24 heavy (non-hydrogen) atoms. The molecule has 0 radical (unpaired) electrons. The van der Waals surface area contributed by atoms with Crippen molar-refractivity contribution in [2.45, 2.75) is 6.42 Å². The van der Waals surface area contributed by atoms with Crippen molar-refractivity contribution in [1.29, 1.82) is 0 Å². The number of amides is 1. The summed E-state index contributed by atoms with van der Waals surface area (Å²) < 4.78 is 0. The molecular formula is C17H16N6O. The van der Waals surface area contributed by atoms with Crippen LogP contribution >= 0.6 is 0 Å². The summed E-state index contributed by atoms with van der Waals surface area (Å²) in [7, 11) is 0. The number of benzene rings is 1. The highest BCUT2D eigenvalue weighted by Gasteiger charge is 2.13. The van der Waals surface area contributed by atoms with Gasteiger partial charge in [0, 0.05) is 47.5 Å². The highest BCUT2D eigenvalue weighted by atomic mass is 16.1. The van der Waals surface area contributed by atoms with E-state index in [-0.39, 0.29) is 5.91 Å². The number of nitrogens with zero attached hydrogens (tertiary/aromatic N) is 2. The summed E-state index contributed by atoms with van der Waals surface area (Å²) in [5.41, 5.74) is 4.36. The highest BCUT2D eigenvalue weighted by Crippen LogP contribution is 2.25. The van der Waals surface area contributed by atoms with Gasteiger partial charge in [-0.2, -0.15) is 5.10 Å². The quantitative estimate of drug-likeness (QED) is 0.453. The Hall–Kier alpha value is -3.35. The van der Waals surface area contributed by atoms with Crippen LogP contribution in [0.4, 0.5) is 0 Å². The van der Waals surface area contributed by atoms with Crippen molar-refractivity contribution >= 4 is 16.8 Å². The van der Waals surface area contributed by atoms with E-state index in [1.54, 1.807) is 18.7 Å². The van der Waals surface area contributed by atoms with Crippen LogP contribution in [0.15, 0.2) is 49.1 Å². The number of hydrogen-bond acceptors (Lipinski definition) is 3. The summed E-state index contributed by atoms with van der Waals surface area (Å²) in [6.45, 7) is 0.551. The van der Waals surface area contributed by atoms with Gasteiger partial charge in [-0.25, -0.2) is 4.98 Å². The van der Waals surface area contributed by atoms with Crippen LogP contribution in [0.25, 0.3) is 22.3 Å². The van der Waals surface area contributed by atoms with Crippen LogP contribution in [0.5, 0.6) is 0 Å². The van der Waals surface area contributed by atoms with E-state index in [9.17, 15) is 4.79 Å². The number of aromatic amines is 3. The van der Waals surface area contributed by atoms with Crippen molar-refractivity contribution in [2.75, 3.05) is 6.54 Å². The summed E-state index contributed by atoms with van der Waals surface area (Å²) >= 11 is 0. The minimum atomic E-state index is -0.0877. The Morgan fingerprint density at radius 3 is 2.96 bits per heavy atom. The Morgan fingerprint density at radius 2 is 2.17 bits per heavy atom. The maximum atomic E-state index is 12.5. The van der Waals surface area contributed by atoms with E-state index in [2.05, 4.69) is 30.5 Å². The molecule has 4 rings (SSSR count). The van der Waals surface area contributed by atoms with Crippen LogP contribution in [0, 0.1) is 0 Å². The summed E-state index contributed by atoms with van der Waals surface area (Å²) in [6.07, 6.45) is 5.81. The van der Waals surface area contributed by atoms with Gasteiger partial charge >= 0.3 is 0 Å². The van der Waals surface area contributed by atoms with Crippen LogP contribution in [-0.4, -0.2) is 37.6 Å². The first-order chi connectivity index (χ1) is 11.8. The smallest absolute Gasteiger partial charge is 0.251 e. The van der Waals surface area contributed by atoms with Crippen LogP contribution in [0.1, 0.15) is 16.1 Å². The van der Waals surface area contributed by atoms with Gasteiger partial charge in [-0.15, -0.1) is 0 Å². The van der Waals surface area contributed by atoms with Gasteiger partial charge in [-0.3, -0.25) is 9.89 Å². The van der Waals surface area contributed by atoms with Gasteiger partial charge in [0.05, 0.1) is 17.7 Å². The number of H-pyrrole nitrogens is 3. The molecule has 1 amide bonds. The molecule has 120 valence electrons. The second kappa shape index (κ2) is 6.04. The predicted octanol–water partition coefficient (Wildman–Crippen LogP) is 2.25. The fourth-order valence-electron chi connectivity index (χ4n) is 2.73. The van der Waals surface area contributed by atoms with Gasteiger partial charge in [-0.1, -0.05) is 6.07 Å². The second-order valence-electron chi connectivity index (χ2n) is 5.50. The Bertz CT molecular complexity index is 952. The average molecular weight is 320 g/mol. The lowest BCUT2D eigenvalue weighted by Gasteiger charge is -2.05. The molecule has 0 aliphatic heterocycles.